The molecule has 1 N–H and O–H groups in total. The van der Waals surface area contributed by atoms with Crippen molar-refractivity contribution in [3.05, 3.63) is 23.8 Å². The van der Waals surface area contributed by atoms with Crippen LogP contribution in [0.5, 0.6) is 0 Å². The van der Waals surface area contributed by atoms with Gasteiger partial charge in [-0.05, 0) is 76.6 Å². The minimum Gasteiger partial charge on any atom is -0.444 e. The fourth-order valence-electron chi connectivity index (χ4n) is 4.18. The molecule has 31 heavy (non-hydrogen) atoms. The molecule has 1 aliphatic carbocycles. The first kappa shape index (κ1) is 22.1. The molecule has 1 aromatic carbocycles. The van der Waals surface area contributed by atoms with Crippen molar-refractivity contribution in [1.82, 2.24) is 9.62 Å². The van der Waals surface area contributed by atoms with Crippen molar-refractivity contribution in [3.63, 3.8) is 0 Å². The summed E-state index contributed by atoms with van der Waals surface area (Å²) in [6.07, 6.45) is 3.18. The smallest absolute Gasteiger partial charge is 0.407 e. The number of amides is 2. The number of ether oxygens (including phenoxy) is 1. The zero-order chi connectivity index (χ0) is 22.4. The van der Waals surface area contributed by atoms with Crippen LogP contribution in [0.2, 0.25) is 0 Å². The number of carbonyl (C=O) groups is 2. The molecule has 0 unspecified atom stereocenters. The summed E-state index contributed by atoms with van der Waals surface area (Å²) in [5.41, 5.74) is 1.19. The highest BCUT2D eigenvalue weighted by Gasteiger charge is 2.37. The Bertz CT molecular complexity index is 973. The van der Waals surface area contributed by atoms with Crippen molar-refractivity contribution < 1.29 is 22.7 Å². The van der Waals surface area contributed by atoms with Crippen molar-refractivity contribution in [2.24, 2.45) is 5.92 Å². The number of hydrogen-bond donors (Lipinski definition) is 1. The van der Waals surface area contributed by atoms with Gasteiger partial charge in [0.25, 0.3) is 0 Å². The van der Waals surface area contributed by atoms with Crippen LogP contribution in [0, 0.1) is 5.92 Å². The molecule has 0 bridgehead atoms. The number of fused-ring (bicyclic) bond motifs is 1. The standard InChI is InChI=1S/C22H31N3O5S/c1-22(2,3)30-21(27)23-17-9-11-24(12-10-17)31(28,29)18-6-7-19-16(14-18)8-13-25(19)20(26)15-4-5-15/h6-7,14-15,17H,4-5,8-13H2,1-3H3,(H,23,27). The Labute approximate surface area is 184 Å². The van der Waals surface area contributed by atoms with Gasteiger partial charge in [-0.1, -0.05) is 0 Å². The third-order valence-corrected chi connectivity index (χ3v) is 7.85. The van der Waals surface area contributed by atoms with Crippen LogP contribution in [0.15, 0.2) is 23.1 Å². The average molecular weight is 450 g/mol. The first-order valence-corrected chi connectivity index (χ1v) is 12.4. The van der Waals surface area contributed by atoms with E-state index in [-0.39, 0.29) is 22.8 Å². The second kappa shape index (κ2) is 8.09. The van der Waals surface area contributed by atoms with Crippen LogP contribution in [0.1, 0.15) is 52.0 Å². The Hall–Kier alpha value is -2.13. The third-order valence-electron chi connectivity index (χ3n) is 5.95. The number of benzene rings is 1. The molecule has 0 spiro atoms. The van der Waals surface area contributed by atoms with E-state index < -0.39 is 21.7 Å². The molecule has 2 fully saturated rings. The van der Waals surface area contributed by atoms with Crippen LogP contribution < -0.4 is 10.2 Å². The van der Waals surface area contributed by atoms with Gasteiger partial charge in [-0.2, -0.15) is 4.31 Å². The molecule has 3 aliphatic rings. The maximum Gasteiger partial charge on any atom is 0.407 e. The normalized spacial score (nSPS) is 20.4. The number of alkyl carbamates (subject to hydrolysis) is 1. The molecule has 170 valence electrons. The van der Waals surface area contributed by atoms with Crippen LogP contribution in [-0.4, -0.2) is 56.0 Å². The van der Waals surface area contributed by atoms with Gasteiger partial charge in [0.05, 0.1) is 4.90 Å². The molecule has 1 aromatic rings. The fourth-order valence-corrected chi connectivity index (χ4v) is 5.70. The van der Waals surface area contributed by atoms with E-state index in [0.717, 1.165) is 24.1 Å². The van der Waals surface area contributed by atoms with E-state index in [1.807, 2.05) is 0 Å². The molecule has 2 heterocycles. The minimum absolute atomic E-state index is 0.108. The van der Waals surface area contributed by atoms with Gasteiger partial charge in [0.1, 0.15) is 5.60 Å². The molecular weight excluding hydrogens is 418 g/mol. The zero-order valence-corrected chi connectivity index (χ0v) is 19.2. The van der Waals surface area contributed by atoms with Crippen LogP contribution in [0.25, 0.3) is 0 Å². The second-order valence-electron chi connectivity index (χ2n) is 9.63. The number of sulfonamides is 1. The number of nitrogens with zero attached hydrogens (tertiary/aromatic N) is 2. The topological polar surface area (TPSA) is 96.0 Å². The maximum absolute atomic E-state index is 13.2. The predicted octanol–water partition coefficient (Wildman–Crippen LogP) is 2.66. The summed E-state index contributed by atoms with van der Waals surface area (Å²) < 4.78 is 33.1. The maximum atomic E-state index is 13.2. The summed E-state index contributed by atoms with van der Waals surface area (Å²) in [6, 6.07) is 4.99. The highest BCUT2D eigenvalue weighted by Crippen LogP contribution is 2.37. The lowest BCUT2D eigenvalue weighted by Gasteiger charge is -2.32. The van der Waals surface area contributed by atoms with Crippen LogP contribution in [0.4, 0.5) is 10.5 Å². The Kier molecular flexibility index (Phi) is 5.76. The van der Waals surface area contributed by atoms with Gasteiger partial charge in [0.15, 0.2) is 0 Å². The molecular formula is C22H31N3O5S. The molecule has 2 aliphatic heterocycles. The van der Waals surface area contributed by atoms with Crippen LogP contribution in [0.3, 0.4) is 0 Å². The highest BCUT2D eigenvalue weighted by atomic mass is 32.2. The molecule has 2 amide bonds. The molecule has 4 rings (SSSR count). The number of rotatable bonds is 4. The fraction of sp³-hybridized carbons (Fsp3) is 0.636. The summed E-state index contributed by atoms with van der Waals surface area (Å²) in [6.45, 7) is 6.71. The summed E-state index contributed by atoms with van der Waals surface area (Å²) in [5, 5.41) is 2.83. The third kappa shape index (κ3) is 4.87. The van der Waals surface area contributed by atoms with E-state index >= 15 is 0 Å². The summed E-state index contributed by atoms with van der Waals surface area (Å²) in [5.74, 6) is 0.305. The number of hydrogen-bond acceptors (Lipinski definition) is 5. The van der Waals surface area contributed by atoms with Crippen molar-refractivity contribution in [2.75, 3.05) is 24.5 Å². The van der Waals surface area contributed by atoms with E-state index in [9.17, 15) is 18.0 Å². The molecule has 0 atom stereocenters. The van der Waals surface area contributed by atoms with Gasteiger partial charge < -0.3 is 15.0 Å². The first-order chi connectivity index (χ1) is 14.5. The summed E-state index contributed by atoms with van der Waals surface area (Å²) in [7, 11) is -3.62. The van der Waals surface area contributed by atoms with Crippen LogP contribution in [-0.2, 0) is 26.0 Å². The van der Waals surface area contributed by atoms with Crippen molar-refractivity contribution in [1.29, 1.82) is 0 Å². The Morgan fingerprint density at radius 2 is 1.74 bits per heavy atom. The lowest BCUT2D eigenvalue weighted by molar-refractivity contribution is -0.119. The van der Waals surface area contributed by atoms with Gasteiger partial charge in [-0.25, -0.2) is 13.2 Å². The largest absolute Gasteiger partial charge is 0.444 e. The average Bonchev–Trinajstić information content (AvgIpc) is 3.45. The Balaban J connectivity index is 1.38. The number of anilines is 1. The molecule has 1 saturated carbocycles. The second-order valence-corrected chi connectivity index (χ2v) is 11.6. The zero-order valence-electron chi connectivity index (χ0n) is 18.4. The SMILES string of the molecule is CC(C)(C)OC(=O)NC1CCN(S(=O)(=O)c2ccc3c(c2)CCN3C(=O)C2CC2)CC1. The van der Waals surface area contributed by atoms with Crippen molar-refractivity contribution >= 4 is 27.7 Å². The summed E-state index contributed by atoms with van der Waals surface area (Å²) >= 11 is 0. The van der Waals surface area contributed by atoms with Crippen molar-refractivity contribution in [2.45, 2.75) is 69.4 Å². The van der Waals surface area contributed by atoms with E-state index in [4.69, 9.17) is 4.74 Å². The summed E-state index contributed by atoms with van der Waals surface area (Å²) in [4.78, 5) is 26.5. The molecule has 0 radical (unpaired) electrons. The quantitative estimate of drug-likeness (QED) is 0.762. The number of piperidine rings is 1. The van der Waals surface area contributed by atoms with E-state index in [1.165, 1.54) is 4.31 Å². The van der Waals surface area contributed by atoms with Crippen molar-refractivity contribution in [3.8, 4) is 0 Å². The lowest BCUT2D eigenvalue weighted by atomic mass is 10.1. The predicted molar refractivity (Wildman–Crippen MR) is 116 cm³/mol. The number of nitrogens with one attached hydrogen (secondary N) is 1. The monoisotopic (exact) mass is 449 g/mol. The minimum atomic E-state index is -3.62. The molecule has 9 heteroatoms. The highest BCUT2D eigenvalue weighted by molar-refractivity contribution is 7.89. The van der Waals surface area contributed by atoms with Gasteiger partial charge >= 0.3 is 6.09 Å². The first-order valence-electron chi connectivity index (χ1n) is 11.0. The number of carbonyl (C=O) groups excluding carboxylic acids is 2. The van der Waals surface area contributed by atoms with E-state index in [2.05, 4.69) is 5.32 Å². The van der Waals surface area contributed by atoms with Gasteiger partial charge in [-0.15, -0.1) is 0 Å². The molecule has 0 aromatic heterocycles. The van der Waals surface area contributed by atoms with E-state index in [1.54, 1.807) is 43.9 Å². The molecule has 8 nitrogen and oxygen atoms in total. The van der Waals surface area contributed by atoms with E-state index in [0.29, 0.717) is 38.9 Å². The van der Waals surface area contributed by atoms with Crippen LogP contribution >= 0.6 is 0 Å². The Morgan fingerprint density at radius 3 is 2.35 bits per heavy atom. The lowest BCUT2D eigenvalue weighted by Crippen LogP contribution is -2.47. The molecule has 1 saturated heterocycles. The van der Waals surface area contributed by atoms with Gasteiger partial charge in [-0.3, -0.25) is 4.79 Å². The Morgan fingerprint density at radius 1 is 1.06 bits per heavy atom. The van der Waals surface area contributed by atoms with Gasteiger partial charge in [0.2, 0.25) is 15.9 Å². The van der Waals surface area contributed by atoms with Gasteiger partial charge in [0, 0.05) is 37.3 Å².